The van der Waals surface area contributed by atoms with Gasteiger partial charge in [0.2, 0.25) is 0 Å². The van der Waals surface area contributed by atoms with Crippen molar-refractivity contribution in [1.29, 1.82) is 0 Å². The van der Waals surface area contributed by atoms with Gasteiger partial charge in [0.1, 0.15) is 0 Å². The molecule has 0 fully saturated rings. The number of anilines is 1. The van der Waals surface area contributed by atoms with Crippen LogP contribution in [0.2, 0.25) is 5.02 Å². The summed E-state index contributed by atoms with van der Waals surface area (Å²) >= 11 is 9.08. The number of halogens is 2. The van der Waals surface area contributed by atoms with E-state index in [0.717, 1.165) is 16.2 Å². The van der Waals surface area contributed by atoms with E-state index in [1.54, 1.807) is 18.2 Å². The number of aliphatic carboxylic acids is 1. The number of hydrogen-bond donors (Lipinski definition) is 2. The van der Waals surface area contributed by atoms with Crippen LogP contribution in [-0.4, -0.2) is 11.1 Å². The Morgan fingerprint density at radius 2 is 2.29 bits per heavy atom. The third-order valence-corrected chi connectivity index (χ3v) is 2.63. The van der Waals surface area contributed by atoms with E-state index < -0.39 is 5.97 Å². The van der Waals surface area contributed by atoms with Crippen LogP contribution in [0.15, 0.2) is 34.9 Å². The summed E-state index contributed by atoms with van der Waals surface area (Å²) < 4.78 is 0.798. The van der Waals surface area contributed by atoms with Crippen molar-refractivity contribution in [3.63, 3.8) is 0 Å². The highest BCUT2D eigenvalue weighted by Gasteiger charge is 1.96. The van der Waals surface area contributed by atoms with Crippen molar-refractivity contribution in [2.45, 2.75) is 0 Å². The lowest BCUT2D eigenvalue weighted by Gasteiger charge is -2.01. The second kappa shape index (κ2) is 5.02. The molecule has 1 rings (SSSR count). The largest absolute Gasteiger partial charge is 0.478 e. The average molecular weight is 277 g/mol. The molecule has 0 bridgehead atoms. The Labute approximate surface area is 94.5 Å². The number of benzene rings is 1. The monoisotopic (exact) mass is 275 g/mol. The summed E-state index contributed by atoms with van der Waals surface area (Å²) in [4.78, 5) is 10.2. The van der Waals surface area contributed by atoms with E-state index in [-0.39, 0.29) is 0 Å². The minimum Gasteiger partial charge on any atom is -0.478 e. The van der Waals surface area contributed by atoms with Crippen LogP contribution in [0, 0.1) is 0 Å². The molecule has 0 spiro atoms. The number of carboxylic acids is 1. The molecule has 0 aromatic heterocycles. The summed E-state index contributed by atoms with van der Waals surface area (Å²) in [5, 5.41) is 11.7. The first-order valence-electron chi connectivity index (χ1n) is 3.70. The molecule has 0 unspecified atom stereocenters. The molecule has 0 saturated carbocycles. The van der Waals surface area contributed by atoms with Gasteiger partial charge in [0.05, 0.1) is 5.02 Å². The summed E-state index contributed by atoms with van der Waals surface area (Å²) in [5.74, 6) is -0.999. The van der Waals surface area contributed by atoms with Gasteiger partial charge in [-0.25, -0.2) is 4.79 Å². The molecule has 0 heterocycles. The van der Waals surface area contributed by atoms with E-state index in [4.69, 9.17) is 16.7 Å². The first-order valence-corrected chi connectivity index (χ1v) is 4.88. The SMILES string of the molecule is O=C(O)/C=C/Nc1ccc(Br)c(Cl)c1. The number of hydrogen-bond acceptors (Lipinski definition) is 2. The minimum atomic E-state index is -0.999. The van der Waals surface area contributed by atoms with Crippen molar-refractivity contribution in [3.8, 4) is 0 Å². The van der Waals surface area contributed by atoms with Crippen LogP contribution >= 0.6 is 27.5 Å². The first-order chi connectivity index (χ1) is 6.59. The molecule has 0 aliphatic heterocycles. The van der Waals surface area contributed by atoms with E-state index in [1.165, 1.54) is 6.20 Å². The van der Waals surface area contributed by atoms with Gasteiger partial charge in [-0.3, -0.25) is 0 Å². The quantitative estimate of drug-likeness (QED) is 0.834. The first kappa shape index (κ1) is 11.1. The second-order valence-electron chi connectivity index (χ2n) is 2.44. The van der Waals surface area contributed by atoms with Gasteiger partial charge in [-0.05, 0) is 34.1 Å². The third-order valence-electron chi connectivity index (χ3n) is 1.40. The van der Waals surface area contributed by atoms with Crippen LogP contribution in [-0.2, 0) is 4.79 Å². The lowest BCUT2D eigenvalue weighted by atomic mass is 10.3. The molecule has 74 valence electrons. The Morgan fingerprint density at radius 1 is 1.57 bits per heavy atom. The zero-order valence-corrected chi connectivity index (χ0v) is 9.34. The fourth-order valence-electron chi connectivity index (χ4n) is 0.795. The standard InChI is InChI=1S/C9H7BrClNO2/c10-7-2-1-6(5-8(7)11)12-4-3-9(13)14/h1-5,12H,(H,13,14)/b4-3+. The zero-order valence-electron chi connectivity index (χ0n) is 7.00. The average Bonchev–Trinajstić information content (AvgIpc) is 2.10. The van der Waals surface area contributed by atoms with E-state index in [1.807, 2.05) is 0 Å². The molecule has 14 heavy (non-hydrogen) atoms. The highest BCUT2D eigenvalue weighted by Crippen LogP contribution is 2.25. The summed E-state index contributed by atoms with van der Waals surface area (Å²) in [6.45, 7) is 0. The maximum atomic E-state index is 10.2. The summed E-state index contributed by atoms with van der Waals surface area (Å²) in [6, 6.07) is 5.25. The maximum absolute atomic E-state index is 10.2. The van der Waals surface area contributed by atoms with Gasteiger partial charge in [0.15, 0.2) is 0 Å². The predicted molar refractivity (Wildman–Crippen MR) is 59.6 cm³/mol. The van der Waals surface area contributed by atoms with Gasteiger partial charge in [0, 0.05) is 22.4 Å². The molecule has 5 heteroatoms. The molecule has 0 saturated heterocycles. The zero-order chi connectivity index (χ0) is 10.6. The van der Waals surface area contributed by atoms with Gasteiger partial charge in [-0.2, -0.15) is 0 Å². The van der Waals surface area contributed by atoms with Crippen LogP contribution in [0.3, 0.4) is 0 Å². The molecule has 3 nitrogen and oxygen atoms in total. The van der Waals surface area contributed by atoms with Gasteiger partial charge in [-0.1, -0.05) is 11.6 Å². The normalized spacial score (nSPS) is 10.4. The molecule has 1 aromatic rings. The van der Waals surface area contributed by atoms with E-state index in [9.17, 15) is 4.79 Å². The molecule has 0 atom stereocenters. The molecule has 2 N–H and O–H groups in total. The van der Waals surface area contributed by atoms with Crippen LogP contribution in [0.4, 0.5) is 5.69 Å². The summed E-state index contributed by atoms with van der Waals surface area (Å²) in [6.07, 6.45) is 2.35. The van der Waals surface area contributed by atoms with E-state index in [0.29, 0.717) is 5.02 Å². The molecule has 0 aliphatic rings. The van der Waals surface area contributed by atoms with Gasteiger partial charge in [-0.15, -0.1) is 0 Å². The van der Waals surface area contributed by atoms with Crippen molar-refractivity contribution in [3.05, 3.63) is 40.0 Å². The van der Waals surface area contributed by atoms with Gasteiger partial charge >= 0.3 is 5.97 Å². The van der Waals surface area contributed by atoms with E-state index >= 15 is 0 Å². The van der Waals surface area contributed by atoms with Crippen LogP contribution in [0.5, 0.6) is 0 Å². The summed E-state index contributed by atoms with van der Waals surface area (Å²) in [7, 11) is 0. The molecule has 0 amide bonds. The van der Waals surface area contributed by atoms with Crippen LogP contribution < -0.4 is 5.32 Å². The Kier molecular flexibility index (Phi) is 3.98. The Morgan fingerprint density at radius 3 is 2.86 bits per heavy atom. The molecule has 1 aromatic carbocycles. The van der Waals surface area contributed by atoms with E-state index in [2.05, 4.69) is 21.2 Å². The third kappa shape index (κ3) is 3.40. The Balaban J connectivity index is 2.69. The highest BCUT2D eigenvalue weighted by atomic mass is 79.9. The molecule has 0 aliphatic carbocycles. The Bertz CT molecular complexity index is 379. The van der Waals surface area contributed by atoms with Crippen molar-refractivity contribution in [1.82, 2.24) is 0 Å². The smallest absolute Gasteiger partial charge is 0.329 e. The number of nitrogens with one attached hydrogen (secondary N) is 1. The van der Waals surface area contributed by atoms with Gasteiger partial charge < -0.3 is 10.4 Å². The highest BCUT2D eigenvalue weighted by molar-refractivity contribution is 9.10. The van der Waals surface area contributed by atoms with Crippen molar-refractivity contribution in [2.24, 2.45) is 0 Å². The number of rotatable bonds is 3. The second-order valence-corrected chi connectivity index (χ2v) is 3.71. The predicted octanol–water partition coefficient (Wildman–Crippen LogP) is 3.11. The molecule has 0 radical (unpaired) electrons. The van der Waals surface area contributed by atoms with Crippen LogP contribution in [0.25, 0.3) is 0 Å². The topological polar surface area (TPSA) is 49.3 Å². The van der Waals surface area contributed by atoms with Crippen molar-refractivity contribution >= 4 is 39.2 Å². The molecular weight excluding hydrogens is 269 g/mol. The number of carbonyl (C=O) groups is 1. The minimum absolute atomic E-state index is 0.568. The van der Waals surface area contributed by atoms with Crippen LogP contribution in [0.1, 0.15) is 0 Å². The van der Waals surface area contributed by atoms with Crippen molar-refractivity contribution in [2.75, 3.05) is 5.32 Å². The van der Waals surface area contributed by atoms with Crippen molar-refractivity contribution < 1.29 is 9.90 Å². The van der Waals surface area contributed by atoms with Gasteiger partial charge in [0.25, 0.3) is 0 Å². The fraction of sp³-hybridized carbons (Fsp3) is 0. The maximum Gasteiger partial charge on any atom is 0.329 e. The summed E-state index contributed by atoms with van der Waals surface area (Å²) in [5.41, 5.74) is 0.732. The number of carboxylic acid groups (broad SMARTS) is 1. The lowest BCUT2D eigenvalue weighted by molar-refractivity contribution is -0.131. The fourth-order valence-corrected chi connectivity index (χ4v) is 1.22. The Hall–Kier alpha value is -1.000. The lowest BCUT2D eigenvalue weighted by Crippen LogP contribution is -1.92. The molecular formula is C9H7BrClNO2.